The second-order valence-corrected chi connectivity index (χ2v) is 9.25. The van der Waals surface area contributed by atoms with Gasteiger partial charge in [0, 0.05) is 46.3 Å². The van der Waals surface area contributed by atoms with E-state index in [-0.39, 0.29) is 39.9 Å². The summed E-state index contributed by atoms with van der Waals surface area (Å²) in [7, 11) is 0. The summed E-state index contributed by atoms with van der Waals surface area (Å²) in [6, 6.07) is 1.64. The first-order valence-corrected chi connectivity index (χ1v) is 12.9. The molecule has 0 amide bonds. The minimum Gasteiger partial charge on any atom is -0.422 e. The molecule has 2 heterocycles. The van der Waals surface area contributed by atoms with Gasteiger partial charge in [-0.3, -0.25) is 4.79 Å². The topological polar surface area (TPSA) is 102 Å². The smallest absolute Gasteiger partial charge is 0.347 e. The predicted octanol–water partition coefficient (Wildman–Crippen LogP) is 4.29. The summed E-state index contributed by atoms with van der Waals surface area (Å²) in [6.07, 6.45) is 17.8. The number of carbonyl (C=O) groups excluding carboxylic acids is 1. The van der Waals surface area contributed by atoms with Gasteiger partial charge in [0.15, 0.2) is 0 Å². The van der Waals surface area contributed by atoms with Crippen LogP contribution < -0.4 is 5.69 Å². The molecular formula is C26H43N2O5W-. The molecule has 0 bridgehead atoms. The third-order valence-corrected chi connectivity index (χ3v) is 6.34. The van der Waals surface area contributed by atoms with Gasteiger partial charge < -0.3 is 19.5 Å². The summed E-state index contributed by atoms with van der Waals surface area (Å²) < 4.78 is 6.69. The average molecular weight is 647 g/mol. The van der Waals surface area contributed by atoms with Crippen molar-refractivity contribution in [3.05, 3.63) is 34.9 Å². The van der Waals surface area contributed by atoms with E-state index in [0.29, 0.717) is 12.1 Å². The first kappa shape index (κ1) is 31.1. The molecular weight excluding hydrogens is 604 g/mol. The normalized spacial score (nSPS) is 19.8. The Kier molecular flexibility index (Phi) is 16.9. The van der Waals surface area contributed by atoms with Crippen LogP contribution in [-0.4, -0.2) is 44.4 Å². The van der Waals surface area contributed by atoms with Crippen molar-refractivity contribution in [3.8, 4) is 0 Å². The maximum Gasteiger partial charge on any atom is 0.347 e. The fourth-order valence-corrected chi connectivity index (χ4v) is 4.28. The number of carbonyl (C=O) groups is 1. The number of hydrogen-bond donors (Lipinski definition) is 2. The second kappa shape index (κ2) is 18.4. The Morgan fingerprint density at radius 3 is 2.09 bits per heavy atom. The van der Waals surface area contributed by atoms with Crippen molar-refractivity contribution in [2.75, 3.05) is 6.61 Å². The fourth-order valence-electron chi connectivity index (χ4n) is 4.28. The van der Waals surface area contributed by atoms with Crippen molar-refractivity contribution in [3.63, 3.8) is 0 Å². The summed E-state index contributed by atoms with van der Waals surface area (Å²) >= 11 is 0. The monoisotopic (exact) mass is 647 g/mol. The van der Waals surface area contributed by atoms with Crippen LogP contribution in [0.15, 0.2) is 17.1 Å². The molecule has 194 valence electrons. The number of ether oxygens (including phenoxy) is 1. The Morgan fingerprint density at radius 1 is 1.03 bits per heavy atom. The minimum absolute atomic E-state index is 0. The average Bonchev–Trinajstić information content (AvgIpc) is 3.17. The Bertz CT molecular complexity index is 742. The number of aromatic nitrogens is 2. The Morgan fingerprint density at radius 2 is 1.59 bits per heavy atom. The van der Waals surface area contributed by atoms with Gasteiger partial charge in [-0.05, 0) is 18.6 Å². The van der Waals surface area contributed by atoms with Crippen LogP contribution in [0.4, 0.5) is 0 Å². The van der Waals surface area contributed by atoms with Gasteiger partial charge in [0.1, 0.15) is 5.78 Å². The molecule has 0 aliphatic carbocycles. The number of ketones is 1. The van der Waals surface area contributed by atoms with E-state index >= 15 is 0 Å². The molecule has 0 unspecified atom stereocenters. The molecule has 1 fully saturated rings. The van der Waals surface area contributed by atoms with Crippen LogP contribution >= 0.6 is 0 Å². The Hall–Kier alpha value is -0.882. The van der Waals surface area contributed by atoms with E-state index in [2.05, 4.69) is 11.9 Å². The zero-order valence-corrected chi connectivity index (χ0v) is 23.6. The number of hydrogen-bond acceptors (Lipinski definition) is 6. The van der Waals surface area contributed by atoms with Gasteiger partial charge in [0.2, 0.25) is 0 Å². The molecule has 8 heteroatoms. The quantitative estimate of drug-likeness (QED) is 0.182. The van der Waals surface area contributed by atoms with Gasteiger partial charge in [0.25, 0.3) is 0 Å². The second-order valence-electron chi connectivity index (χ2n) is 9.25. The standard InChI is InChI=1S/C26H43N2O5.W/c1-2-3-4-5-6-7-8-9-10-11-12-13-14-15-22(30)18-21-16-17-28(26(32)27-21)25-19-23(31)24(20-29)33-25;/h16-17,19,23-25,29,31H,2-15,18,20H2,1H3;/q-1;/t23-,24+,25+;/m0./s1. The van der Waals surface area contributed by atoms with Crippen molar-refractivity contribution in [1.82, 2.24) is 9.55 Å². The third kappa shape index (κ3) is 11.7. The molecule has 2 N–H and O–H groups in total. The molecule has 1 aromatic heterocycles. The SMILES string of the molecule is CCCCCCCCCCCCCCCC(=O)Cc1ccn([C@H]2[CH-][C@H](O)[C@@H](CO)O2)c(=O)n1.[W]. The van der Waals surface area contributed by atoms with Crippen molar-refractivity contribution in [2.45, 2.75) is 122 Å². The van der Waals surface area contributed by atoms with E-state index in [1.165, 1.54) is 87.8 Å². The van der Waals surface area contributed by atoms with Crippen molar-refractivity contribution < 1.29 is 40.8 Å². The first-order chi connectivity index (χ1) is 16.0. The minimum atomic E-state index is -0.937. The Balaban J connectivity index is 0.00000578. The summed E-state index contributed by atoms with van der Waals surface area (Å²) in [5, 5.41) is 18.9. The molecule has 0 saturated carbocycles. The van der Waals surface area contributed by atoms with Gasteiger partial charge in [-0.2, -0.15) is 4.98 Å². The fraction of sp³-hybridized carbons (Fsp3) is 0.769. The van der Waals surface area contributed by atoms with Crippen LogP contribution in [0.25, 0.3) is 0 Å². The van der Waals surface area contributed by atoms with Crippen LogP contribution in [0.3, 0.4) is 0 Å². The van der Waals surface area contributed by atoms with E-state index in [9.17, 15) is 14.7 Å². The van der Waals surface area contributed by atoms with Gasteiger partial charge in [-0.1, -0.05) is 84.0 Å². The van der Waals surface area contributed by atoms with Gasteiger partial charge >= 0.3 is 5.69 Å². The molecule has 2 rings (SSSR count). The first-order valence-electron chi connectivity index (χ1n) is 12.9. The van der Waals surface area contributed by atoms with Crippen LogP contribution in [0, 0.1) is 6.42 Å². The van der Waals surface area contributed by atoms with Crippen molar-refractivity contribution in [1.29, 1.82) is 0 Å². The zero-order valence-electron chi connectivity index (χ0n) is 20.7. The summed E-state index contributed by atoms with van der Waals surface area (Å²) in [4.78, 5) is 28.5. The third-order valence-electron chi connectivity index (χ3n) is 6.34. The maximum atomic E-state index is 12.3. The number of aliphatic hydroxyl groups excluding tert-OH is 2. The molecule has 0 spiro atoms. The molecule has 7 nitrogen and oxygen atoms in total. The van der Waals surface area contributed by atoms with E-state index in [4.69, 9.17) is 9.84 Å². The van der Waals surface area contributed by atoms with E-state index in [0.717, 1.165) is 12.8 Å². The number of aliphatic hydroxyl groups is 2. The van der Waals surface area contributed by atoms with E-state index in [1.807, 2.05) is 0 Å². The summed E-state index contributed by atoms with van der Waals surface area (Å²) in [5.74, 6) is 0.0992. The van der Waals surface area contributed by atoms with E-state index < -0.39 is 24.1 Å². The Labute approximate surface area is 219 Å². The molecule has 1 aromatic rings. The van der Waals surface area contributed by atoms with Crippen LogP contribution in [0.2, 0.25) is 0 Å². The number of Topliss-reactive ketones (excluding diaryl/α,β-unsaturated/α-hetero) is 1. The zero-order chi connectivity index (χ0) is 23.9. The van der Waals surface area contributed by atoms with Crippen molar-refractivity contribution in [2.24, 2.45) is 0 Å². The molecule has 34 heavy (non-hydrogen) atoms. The number of rotatable bonds is 18. The molecule has 0 aromatic carbocycles. The van der Waals surface area contributed by atoms with Gasteiger partial charge in [-0.25, -0.2) is 11.2 Å². The molecule has 1 aliphatic heterocycles. The summed E-state index contributed by atoms with van der Waals surface area (Å²) in [6.45, 7) is 1.92. The predicted molar refractivity (Wildman–Crippen MR) is 129 cm³/mol. The van der Waals surface area contributed by atoms with Crippen LogP contribution in [-0.2, 0) is 37.0 Å². The number of nitrogens with zero attached hydrogens (tertiary/aromatic N) is 2. The summed E-state index contributed by atoms with van der Waals surface area (Å²) in [5.41, 5.74) is -0.0819. The largest absolute Gasteiger partial charge is 0.422 e. The van der Waals surface area contributed by atoms with Gasteiger partial charge in [0.05, 0.1) is 18.4 Å². The van der Waals surface area contributed by atoms with Crippen LogP contribution in [0.1, 0.15) is 109 Å². The molecule has 1 aliphatic rings. The molecule has 3 atom stereocenters. The van der Waals surface area contributed by atoms with Crippen LogP contribution in [0.5, 0.6) is 0 Å². The van der Waals surface area contributed by atoms with Crippen molar-refractivity contribution >= 4 is 5.78 Å². The number of unbranched alkanes of at least 4 members (excludes halogenated alkanes) is 12. The molecule has 1 saturated heterocycles. The van der Waals surface area contributed by atoms with E-state index in [1.54, 1.807) is 6.07 Å². The van der Waals surface area contributed by atoms with Gasteiger partial charge in [-0.15, -0.1) is 0 Å². The maximum absolute atomic E-state index is 12.3. The molecule has 0 radical (unpaired) electrons.